The van der Waals surface area contributed by atoms with Gasteiger partial charge in [0.15, 0.2) is 0 Å². The molecule has 5 heteroatoms. The summed E-state index contributed by atoms with van der Waals surface area (Å²) in [5.41, 5.74) is 7.83. The van der Waals surface area contributed by atoms with Gasteiger partial charge in [-0.05, 0) is 30.5 Å². The van der Waals surface area contributed by atoms with E-state index >= 15 is 0 Å². The number of aromatic nitrogens is 1. The molecule has 1 unspecified atom stereocenters. The van der Waals surface area contributed by atoms with Gasteiger partial charge in [0.2, 0.25) is 5.91 Å². The maximum Gasteiger partial charge on any atom is 0.226 e. The number of carbonyl (C=O) groups is 1. The van der Waals surface area contributed by atoms with Crippen LogP contribution >= 0.6 is 11.3 Å². The minimum Gasteiger partial charge on any atom is -0.354 e. The van der Waals surface area contributed by atoms with E-state index in [4.69, 9.17) is 10.7 Å². The normalized spacial score (nSPS) is 12.9. The first-order valence-corrected chi connectivity index (χ1v) is 10.3. The summed E-state index contributed by atoms with van der Waals surface area (Å²) in [6, 6.07) is 17.8. The molecule has 0 aliphatic rings. The van der Waals surface area contributed by atoms with Crippen LogP contribution in [0.5, 0.6) is 0 Å². The number of carbonyl (C=O) groups excluding carboxylic acids is 1. The lowest BCUT2D eigenvalue weighted by Crippen LogP contribution is -2.44. The third-order valence-electron chi connectivity index (χ3n) is 5.37. The van der Waals surface area contributed by atoms with Gasteiger partial charge in [0.25, 0.3) is 0 Å². The zero-order chi connectivity index (χ0) is 19.3. The van der Waals surface area contributed by atoms with Crippen molar-refractivity contribution in [2.24, 2.45) is 11.1 Å². The lowest BCUT2D eigenvalue weighted by atomic mass is 9.78. The van der Waals surface area contributed by atoms with Crippen molar-refractivity contribution in [3.05, 3.63) is 65.2 Å². The quantitative estimate of drug-likeness (QED) is 0.605. The van der Waals surface area contributed by atoms with Crippen molar-refractivity contribution in [3.8, 4) is 0 Å². The van der Waals surface area contributed by atoms with E-state index in [0.717, 1.165) is 28.9 Å². The molecule has 3 aromatic rings. The molecule has 3 rings (SSSR count). The largest absolute Gasteiger partial charge is 0.354 e. The van der Waals surface area contributed by atoms with Gasteiger partial charge >= 0.3 is 0 Å². The Bertz CT molecular complexity index is 854. The third kappa shape index (κ3) is 4.37. The number of hydrogen-bond donors (Lipinski definition) is 2. The topological polar surface area (TPSA) is 68.0 Å². The fourth-order valence-corrected chi connectivity index (χ4v) is 4.51. The molecule has 142 valence electrons. The Kier molecular flexibility index (Phi) is 6.24. The first kappa shape index (κ1) is 19.5. The molecule has 0 bridgehead atoms. The van der Waals surface area contributed by atoms with Gasteiger partial charge in [-0.2, -0.15) is 0 Å². The predicted octanol–water partition coefficient (Wildman–Crippen LogP) is 4.46. The smallest absolute Gasteiger partial charge is 0.226 e. The van der Waals surface area contributed by atoms with Crippen molar-refractivity contribution in [1.29, 1.82) is 0 Å². The van der Waals surface area contributed by atoms with Crippen LogP contribution in [0.1, 0.15) is 43.3 Å². The summed E-state index contributed by atoms with van der Waals surface area (Å²) < 4.78 is 1.17. The van der Waals surface area contributed by atoms with Crippen LogP contribution in [0.15, 0.2) is 54.6 Å². The number of thiazole rings is 1. The Morgan fingerprint density at radius 3 is 2.44 bits per heavy atom. The SMILES string of the molecule is CCC(CC)(Cc1nc2ccccc2s1)C(=O)NCC(N)c1ccccc1. The van der Waals surface area contributed by atoms with Crippen LogP contribution in [0, 0.1) is 5.41 Å². The Balaban J connectivity index is 1.71. The van der Waals surface area contributed by atoms with E-state index in [2.05, 4.69) is 25.2 Å². The average molecular weight is 382 g/mol. The van der Waals surface area contributed by atoms with E-state index < -0.39 is 5.41 Å². The minimum atomic E-state index is -0.454. The number of hydrogen-bond acceptors (Lipinski definition) is 4. The predicted molar refractivity (Wildman–Crippen MR) is 113 cm³/mol. The molecule has 27 heavy (non-hydrogen) atoms. The highest BCUT2D eigenvalue weighted by Crippen LogP contribution is 2.34. The molecule has 2 aromatic carbocycles. The van der Waals surface area contributed by atoms with E-state index in [1.807, 2.05) is 48.5 Å². The molecule has 0 aliphatic carbocycles. The van der Waals surface area contributed by atoms with Crippen LogP contribution < -0.4 is 11.1 Å². The van der Waals surface area contributed by atoms with Gasteiger partial charge < -0.3 is 11.1 Å². The highest BCUT2D eigenvalue weighted by Gasteiger charge is 2.36. The molecule has 1 heterocycles. The van der Waals surface area contributed by atoms with Gasteiger partial charge in [-0.1, -0.05) is 56.3 Å². The van der Waals surface area contributed by atoms with Gasteiger partial charge in [0.1, 0.15) is 0 Å². The number of rotatable bonds is 8. The van der Waals surface area contributed by atoms with E-state index in [0.29, 0.717) is 13.0 Å². The fourth-order valence-electron chi connectivity index (χ4n) is 3.39. The van der Waals surface area contributed by atoms with Gasteiger partial charge in [0, 0.05) is 19.0 Å². The van der Waals surface area contributed by atoms with Crippen molar-refractivity contribution in [2.45, 2.75) is 39.2 Å². The van der Waals surface area contributed by atoms with Crippen molar-refractivity contribution < 1.29 is 4.79 Å². The third-order valence-corrected chi connectivity index (χ3v) is 6.41. The molecular weight excluding hydrogens is 354 g/mol. The van der Waals surface area contributed by atoms with Crippen LogP contribution in [0.25, 0.3) is 10.2 Å². The molecule has 0 spiro atoms. The number of nitrogens with one attached hydrogen (secondary N) is 1. The van der Waals surface area contributed by atoms with E-state index in [-0.39, 0.29) is 11.9 Å². The molecule has 0 aliphatic heterocycles. The van der Waals surface area contributed by atoms with Crippen molar-refractivity contribution >= 4 is 27.5 Å². The van der Waals surface area contributed by atoms with Gasteiger partial charge in [-0.15, -0.1) is 11.3 Å². The molecular formula is C22H27N3OS. The standard InChI is InChI=1S/C22H27N3OS/c1-3-22(4-2,14-20-25-18-12-8-9-13-19(18)27-20)21(26)24-15-17(23)16-10-6-5-7-11-16/h5-13,17H,3-4,14-15,23H2,1-2H3,(H,24,26). The summed E-state index contributed by atoms with van der Waals surface area (Å²) in [5, 5.41) is 4.11. The van der Waals surface area contributed by atoms with E-state index in [1.54, 1.807) is 11.3 Å². The van der Waals surface area contributed by atoms with E-state index in [1.165, 1.54) is 4.70 Å². The molecule has 1 aromatic heterocycles. The molecule has 1 amide bonds. The summed E-state index contributed by atoms with van der Waals surface area (Å²) in [6.45, 7) is 4.59. The molecule has 0 saturated heterocycles. The first-order chi connectivity index (χ1) is 13.1. The Morgan fingerprint density at radius 2 is 1.78 bits per heavy atom. The highest BCUT2D eigenvalue weighted by atomic mass is 32.1. The van der Waals surface area contributed by atoms with Crippen LogP contribution in [-0.4, -0.2) is 17.4 Å². The molecule has 0 saturated carbocycles. The number of nitrogens with two attached hydrogens (primary N) is 1. The maximum absolute atomic E-state index is 13.1. The van der Waals surface area contributed by atoms with Crippen molar-refractivity contribution in [2.75, 3.05) is 6.54 Å². The average Bonchev–Trinajstić information content (AvgIpc) is 3.13. The number of nitrogens with zero attached hydrogens (tertiary/aromatic N) is 1. The van der Waals surface area contributed by atoms with Crippen LogP contribution in [0.3, 0.4) is 0 Å². The number of fused-ring (bicyclic) bond motifs is 1. The minimum absolute atomic E-state index is 0.0677. The second-order valence-electron chi connectivity index (χ2n) is 6.97. The lowest BCUT2D eigenvalue weighted by molar-refractivity contribution is -0.131. The molecule has 0 radical (unpaired) electrons. The van der Waals surface area contributed by atoms with Crippen molar-refractivity contribution in [1.82, 2.24) is 10.3 Å². The maximum atomic E-state index is 13.1. The lowest BCUT2D eigenvalue weighted by Gasteiger charge is -2.30. The number of para-hydroxylation sites is 1. The van der Waals surface area contributed by atoms with Crippen LogP contribution in [0.4, 0.5) is 0 Å². The summed E-state index contributed by atoms with van der Waals surface area (Å²) in [7, 11) is 0. The molecule has 0 fully saturated rings. The monoisotopic (exact) mass is 381 g/mol. The van der Waals surface area contributed by atoms with Crippen LogP contribution in [0.2, 0.25) is 0 Å². The van der Waals surface area contributed by atoms with Crippen molar-refractivity contribution in [3.63, 3.8) is 0 Å². The Labute approximate surface area is 164 Å². The highest BCUT2D eigenvalue weighted by molar-refractivity contribution is 7.18. The summed E-state index contributed by atoms with van der Waals surface area (Å²) in [6.07, 6.45) is 2.20. The van der Waals surface area contributed by atoms with Gasteiger partial charge in [-0.25, -0.2) is 4.98 Å². The number of amides is 1. The molecule has 4 nitrogen and oxygen atoms in total. The first-order valence-electron chi connectivity index (χ1n) is 9.51. The fraction of sp³-hybridized carbons (Fsp3) is 0.364. The van der Waals surface area contributed by atoms with E-state index in [9.17, 15) is 4.79 Å². The number of benzene rings is 2. The Morgan fingerprint density at radius 1 is 1.11 bits per heavy atom. The Hall–Kier alpha value is -2.24. The molecule has 3 N–H and O–H groups in total. The second-order valence-corrected chi connectivity index (χ2v) is 8.08. The summed E-state index contributed by atoms with van der Waals surface area (Å²) >= 11 is 1.68. The zero-order valence-electron chi connectivity index (χ0n) is 15.9. The van der Waals surface area contributed by atoms with Gasteiger partial charge in [0.05, 0.1) is 20.6 Å². The summed E-state index contributed by atoms with van der Waals surface area (Å²) in [4.78, 5) is 17.8. The van der Waals surface area contributed by atoms with Gasteiger partial charge in [-0.3, -0.25) is 4.79 Å². The molecule has 1 atom stereocenters. The summed E-state index contributed by atoms with van der Waals surface area (Å²) in [5.74, 6) is 0.0677. The second kappa shape index (κ2) is 8.63. The van der Waals surface area contributed by atoms with Crippen LogP contribution in [-0.2, 0) is 11.2 Å². The zero-order valence-corrected chi connectivity index (χ0v) is 16.8.